The second-order valence-electron chi connectivity index (χ2n) is 33.2. The molecule has 4 aromatic carbocycles. The molecule has 760 valence electrons. The van der Waals surface area contributed by atoms with Crippen molar-refractivity contribution in [3.05, 3.63) is 119 Å². The Labute approximate surface area is 781 Å². The third kappa shape index (κ3) is 26.9. The maximum atomic E-state index is 11.2. The van der Waals surface area contributed by atoms with Crippen molar-refractivity contribution in [3.8, 4) is 70.4 Å². The number of ether oxygens (including phenoxy) is 20. The Balaban J connectivity index is 0.781. The molecule has 8 fully saturated rings. The highest BCUT2D eigenvalue weighted by atomic mass is 16.8. The molecule has 0 spiro atoms. The van der Waals surface area contributed by atoms with Gasteiger partial charge in [-0.25, -0.2) is 0 Å². The quantitative estimate of drug-likeness (QED) is 0.0188. The van der Waals surface area contributed by atoms with E-state index in [0.29, 0.717) is 22.3 Å². The van der Waals surface area contributed by atoms with E-state index in [9.17, 15) is 143 Å². The number of aliphatic hydroxyl groups excluding tert-OH is 28. The molecule has 137 heavy (non-hydrogen) atoms. The third-order valence-electron chi connectivity index (χ3n) is 23.6. The molecule has 8 heterocycles. The zero-order chi connectivity index (χ0) is 98.6. The van der Waals surface area contributed by atoms with Crippen LogP contribution >= 0.6 is 0 Å². The van der Waals surface area contributed by atoms with E-state index < -0.39 is 330 Å². The Morgan fingerprint density at radius 3 is 0.591 bits per heavy atom. The lowest BCUT2D eigenvalue weighted by molar-refractivity contribution is -0.358. The Kier molecular flexibility index (Phi) is 40.3. The average Bonchev–Trinajstić information content (AvgIpc) is 0.793. The van der Waals surface area contributed by atoms with Gasteiger partial charge in [0.25, 0.3) is 0 Å². The first kappa shape index (κ1) is 108. The number of aliphatic hydroxyl groups is 28. The predicted octanol–water partition coefficient (Wildman–Crippen LogP) is -13.7. The summed E-state index contributed by atoms with van der Waals surface area (Å²) >= 11 is 0. The normalized spacial score (nSPS) is 38.5. The highest BCUT2D eigenvalue weighted by Crippen LogP contribution is 2.38. The summed E-state index contributed by atoms with van der Waals surface area (Å²) in [4.78, 5) is 0. The van der Waals surface area contributed by atoms with Crippen molar-refractivity contribution in [2.45, 2.75) is 246 Å². The minimum atomic E-state index is -1.91. The molecule has 0 aliphatic carbocycles. The Morgan fingerprint density at radius 1 is 0.219 bits per heavy atom. The summed E-state index contributed by atoms with van der Waals surface area (Å²) < 4.78 is 117. The maximum Gasteiger partial charge on any atom is 0.187 e. The molecule has 8 saturated heterocycles. The second kappa shape index (κ2) is 51.0. The molecule has 0 amide bonds. The smallest absolute Gasteiger partial charge is 0.187 e. The van der Waals surface area contributed by atoms with E-state index in [1.165, 1.54) is 0 Å². The molecule has 28 N–H and O–H groups in total. The molecule has 40 atom stereocenters. The first-order valence-electron chi connectivity index (χ1n) is 43.5. The van der Waals surface area contributed by atoms with Crippen LogP contribution in [0.5, 0.6) is 23.0 Å². The third-order valence-corrected chi connectivity index (χ3v) is 23.6. The van der Waals surface area contributed by atoms with Gasteiger partial charge in [-0.2, -0.15) is 0 Å². The summed E-state index contributed by atoms with van der Waals surface area (Å²) in [5, 5.41) is 295. The van der Waals surface area contributed by atoms with Crippen molar-refractivity contribution in [2.75, 3.05) is 106 Å². The van der Waals surface area contributed by atoms with Gasteiger partial charge in [0, 0.05) is 22.3 Å². The zero-order valence-corrected chi connectivity index (χ0v) is 72.8. The van der Waals surface area contributed by atoms with Crippen molar-refractivity contribution in [1.29, 1.82) is 0 Å². The SMILES string of the molecule is OC[C@H]1O[C@@H](O[C@H]2[C@H](O)[C@@H](O)[C@H](OCC#Cc3cccc(OCC(COc4cccc(C#CCO[C@@H]5O[C@H](CO)[C@@H](O[C@@H]6O[C@H](CO)[C@H](O)[C@H](O)[C@H]6O)[C@H](O)[C@H]5O)c4)(COc4cccc(C#CCO[C@@H]5O[C@H](CO)[C@@H](O[C@@H]6O[C@H](CO)[C@H](O)[C@H](O)[C@H]6O)[C@H](O)[C@H]5O)c4)COc4cccc(C#CCO[C@@H]5O[C@H](CO)[C@@H](O[C@@H]6O[C@H](CO)[C@H](O)[C@H](O)[C@H]6O)[C@H](O)[C@H]5O)c4)c3)O[C@@H]2CO)[C@H](O)[C@@H](O)[C@H]1O. The van der Waals surface area contributed by atoms with E-state index in [1.54, 1.807) is 97.1 Å². The van der Waals surface area contributed by atoms with Crippen LogP contribution in [-0.2, 0) is 75.8 Å². The minimum absolute atomic E-state index is 0.197. The van der Waals surface area contributed by atoms with E-state index in [2.05, 4.69) is 47.4 Å². The zero-order valence-electron chi connectivity index (χ0n) is 72.8. The minimum Gasteiger partial charge on any atom is -0.493 e. The van der Waals surface area contributed by atoms with E-state index >= 15 is 0 Å². The summed E-state index contributed by atoms with van der Waals surface area (Å²) in [6, 6.07) is 25.5. The maximum absolute atomic E-state index is 11.2. The summed E-state index contributed by atoms with van der Waals surface area (Å²) in [6.45, 7) is -9.82. The van der Waals surface area contributed by atoms with Crippen LogP contribution in [0.1, 0.15) is 22.3 Å². The lowest BCUT2D eigenvalue weighted by atomic mass is 9.92. The first-order valence-corrected chi connectivity index (χ1v) is 43.5. The molecule has 48 heteroatoms. The molecule has 4 aromatic rings. The second-order valence-corrected chi connectivity index (χ2v) is 33.2. The van der Waals surface area contributed by atoms with Crippen LogP contribution in [0.4, 0.5) is 0 Å². The molecular formula is C89H116O48. The van der Waals surface area contributed by atoms with Gasteiger partial charge in [-0.05, 0) is 72.8 Å². The highest BCUT2D eigenvalue weighted by Gasteiger charge is 2.57. The van der Waals surface area contributed by atoms with Gasteiger partial charge in [0.2, 0.25) is 0 Å². The van der Waals surface area contributed by atoms with E-state index in [0.717, 1.165) is 0 Å². The number of benzene rings is 4. The molecule has 0 unspecified atom stereocenters. The van der Waals surface area contributed by atoms with Crippen LogP contribution in [0.15, 0.2) is 97.1 Å². The Morgan fingerprint density at radius 2 is 0.401 bits per heavy atom. The fourth-order valence-electron chi connectivity index (χ4n) is 15.7. The fourth-order valence-corrected chi connectivity index (χ4v) is 15.7. The van der Waals surface area contributed by atoms with Gasteiger partial charge >= 0.3 is 0 Å². The molecule has 0 radical (unpaired) electrons. The fraction of sp³-hybridized carbons (Fsp3) is 0.640. The average molecular weight is 1950 g/mol. The van der Waals surface area contributed by atoms with Crippen molar-refractivity contribution < 1.29 is 238 Å². The largest absolute Gasteiger partial charge is 0.493 e. The lowest BCUT2D eigenvalue weighted by Crippen LogP contribution is -2.64. The number of hydrogen-bond donors (Lipinski definition) is 28. The monoisotopic (exact) mass is 1950 g/mol. The van der Waals surface area contributed by atoms with E-state index in [-0.39, 0.29) is 49.4 Å². The molecular weight excluding hydrogens is 1840 g/mol. The lowest BCUT2D eigenvalue weighted by Gasteiger charge is -2.45. The first-order chi connectivity index (χ1) is 65.8. The summed E-state index contributed by atoms with van der Waals surface area (Å²) in [6.07, 6.45) is -68.7. The van der Waals surface area contributed by atoms with Gasteiger partial charge in [-0.1, -0.05) is 71.6 Å². The Bertz CT molecular complexity index is 4070. The van der Waals surface area contributed by atoms with Crippen molar-refractivity contribution >= 4 is 0 Å². The van der Waals surface area contributed by atoms with Crippen LogP contribution < -0.4 is 18.9 Å². The predicted molar refractivity (Wildman–Crippen MR) is 447 cm³/mol. The van der Waals surface area contributed by atoms with Crippen LogP contribution in [0.2, 0.25) is 0 Å². The standard InChI is InChI=1S/C89H116O48/c90-29-49-57(98)61(102)69(110)85(126-49)134-77-53(33-94)130-81(73(114)65(77)106)118-21-5-13-41-9-1-17-45(25-41)122-37-89(38-123-46-18-2-10-42(26-46)14-6-22-119-82-74(115)66(107)78(54(34-95)131-82)135-86-70(111)62(103)58(99)50(30-91)127-86,39-124-47-19-3-11-43(27-47)15-7-23-120-83-75(116)67(108)79(55(35-96)132-83)136-87-71(112)63(104)59(100)51(31-92)128-87)40-125-48-20-4-12-44(28-48)16-8-24-121-84-76(117)68(109)80(56(36-97)133-84)137-88-72(113)64(105)60(101)52(32-93)129-88/h1-4,9-12,17-20,25-28,49-88,90-117H,21-24,29-40H2/t49-,50-,51-,52-,53-,54-,55-,56-,57+,58+,59+,60+,61+,62+,63+,64+,65-,66-,67-,68-,69-,70-,71-,72-,73-,74-,75-,76-,77-,78-,79-,80-,81-,82-,83-,84-,85+,86+,87+,88+/m1/s1. The summed E-state index contributed by atoms with van der Waals surface area (Å²) in [5.41, 5.74) is -0.160. The van der Waals surface area contributed by atoms with Crippen molar-refractivity contribution in [1.82, 2.24) is 0 Å². The van der Waals surface area contributed by atoms with E-state index in [4.69, 9.17) is 94.7 Å². The molecule has 0 bridgehead atoms. The van der Waals surface area contributed by atoms with Gasteiger partial charge in [-0.15, -0.1) is 0 Å². The number of rotatable bonds is 36. The molecule has 0 aromatic heterocycles. The molecule has 0 saturated carbocycles. The van der Waals surface area contributed by atoms with Crippen molar-refractivity contribution in [2.24, 2.45) is 5.41 Å². The molecule has 12 rings (SSSR count). The van der Waals surface area contributed by atoms with Gasteiger partial charge in [-0.3, -0.25) is 0 Å². The van der Waals surface area contributed by atoms with Gasteiger partial charge in [0.1, 0.15) is 277 Å². The van der Waals surface area contributed by atoms with Gasteiger partial charge in [0.15, 0.2) is 50.3 Å². The van der Waals surface area contributed by atoms with Gasteiger partial charge in [0.05, 0.1) is 52.9 Å². The highest BCUT2D eigenvalue weighted by molar-refractivity contribution is 5.43. The molecule has 48 nitrogen and oxygen atoms in total. The topological polar surface area (TPSA) is 751 Å². The van der Waals surface area contributed by atoms with Crippen LogP contribution in [0.3, 0.4) is 0 Å². The summed E-state index contributed by atoms with van der Waals surface area (Å²) in [5.74, 6) is 23.7. The molecule has 8 aliphatic rings. The number of hydrogen-bond acceptors (Lipinski definition) is 48. The summed E-state index contributed by atoms with van der Waals surface area (Å²) in [7, 11) is 0. The van der Waals surface area contributed by atoms with Gasteiger partial charge < -0.3 is 238 Å². The van der Waals surface area contributed by atoms with E-state index in [1.807, 2.05) is 0 Å². The van der Waals surface area contributed by atoms with Crippen molar-refractivity contribution in [3.63, 3.8) is 0 Å². The van der Waals surface area contributed by atoms with Crippen LogP contribution in [0.25, 0.3) is 0 Å². The van der Waals surface area contributed by atoms with Crippen LogP contribution in [0, 0.1) is 52.8 Å². The molecule has 8 aliphatic heterocycles. The Hall–Kier alpha value is -7.44. The van der Waals surface area contributed by atoms with Crippen LogP contribution in [-0.4, -0.2) is 494 Å².